The number of aliphatic hydroxyl groups is 1. The zero-order valence-corrected chi connectivity index (χ0v) is 25.8. The van der Waals surface area contributed by atoms with Crippen molar-refractivity contribution < 1.29 is 14.7 Å². The maximum absolute atomic E-state index is 13.9. The van der Waals surface area contributed by atoms with Crippen molar-refractivity contribution in [3.05, 3.63) is 105 Å². The summed E-state index contributed by atoms with van der Waals surface area (Å²) in [7, 11) is 3.88. The monoisotopic (exact) mass is 613 g/mol. The number of aryl methyl sites for hydroxylation is 2. The van der Waals surface area contributed by atoms with E-state index in [-0.39, 0.29) is 5.57 Å². The van der Waals surface area contributed by atoms with Crippen LogP contribution in [0.3, 0.4) is 0 Å². The number of carbonyl (C=O) groups is 2. The average molecular weight is 614 g/mol. The molecule has 3 heterocycles. The highest BCUT2D eigenvalue weighted by molar-refractivity contribution is 8.00. The first-order valence-electron chi connectivity index (χ1n) is 13.2. The molecule has 42 heavy (non-hydrogen) atoms. The summed E-state index contributed by atoms with van der Waals surface area (Å²) in [6.07, 6.45) is 0. The molecule has 8 nitrogen and oxygen atoms in total. The highest BCUT2D eigenvalue weighted by Gasteiger charge is 2.46. The first kappa shape index (κ1) is 28.1. The summed E-state index contributed by atoms with van der Waals surface area (Å²) < 4.78 is 0.681. The smallest absolute Gasteiger partial charge is 0.296 e. The summed E-state index contributed by atoms with van der Waals surface area (Å²) in [5, 5.41) is 23.3. The molecule has 3 aromatic carbocycles. The van der Waals surface area contributed by atoms with E-state index in [0.29, 0.717) is 31.4 Å². The van der Waals surface area contributed by atoms with Crippen molar-refractivity contribution in [1.82, 2.24) is 15.2 Å². The van der Waals surface area contributed by atoms with E-state index in [1.165, 1.54) is 55.7 Å². The lowest BCUT2D eigenvalue weighted by molar-refractivity contribution is -0.117. The van der Waals surface area contributed by atoms with Crippen molar-refractivity contribution in [2.45, 2.75) is 30.0 Å². The molecule has 0 saturated carbocycles. The van der Waals surface area contributed by atoms with Gasteiger partial charge in [0.05, 0.1) is 27.2 Å². The molecule has 1 atom stereocenters. The lowest BCUT2D eigenvalue weighted by Gasteiger charge is -2.24. The van der Waals surface area contributed by atoms with Gasteiger partial charge in [0, 0.05) is 25.5 Å². The van der Waals surface area contributed by atoms with Gasteiger partial charge in [-0.2, -0.15) is 0 Å². The fourth-order valence-corrected chi connectivity index (χ4v) is 7.83. The van der Waals surface area contributed by atoms with Gasteiger partial charge in [0.1, 0.15) is 0 Å². The Morgan fingerprint density at radius 1 is 1.00 bits per heavy atom. The molecule has 212 valence electrons. The third-order valence-corrected chi connectivity index (χ3v) is 10.3. The van der Waals surface area contributed by atoms with Crippen LogP contribution in [0.15, 0.2) is 82.4 Å². The van der Waals surface area contributed by atoms with Crippen molar-refractivity contribution in [3.63, 3.8) is 0 Å². The number of benzene rings is 3. The highest BCUT2D eigenvalue weighted by Crippen LogP contribution is 2.45. The van der Waals surface area contributed by atoms with Crippen LogP contribution >= 0.6 is 34.4 Å². The predicted molar refractivity (Wildman–Crippen MR) is 170 cm³/mol. The zero-order chi connectivity index (χ0) is 29.5. The topological polar surface area (TPSA) is 99.5 Å². The molecule has 0 aliphatic carbocycles. The quantitative estimate of drug-likeness (QED) is 0.115. The van der Waals surface area contributed by atoms with E-state index in [1.807, 2.05) is 68.4 Å². The lowest BCUT2D eigenvalue weighted by Crippen LogP contribution is -2.31. The number of amides is 1. The van der Waals surface area contributed by atoms with Gasteiger partial charge in [0.15, 0.2) is 10.1 Å². The maximum atomic E-state index is 13.9. The minimum atomic E-state index is -0.869. The second-order valence-corrected chi connectivity index (χ2v) is 13.5. The third-order valence-electron chi connectivity index (χ3n) is 7.12. The standard InChI is InChI=1S/C31H27N5O3S3/c1-17-28(41-18(2)32-17)26(37)24-25(20-12-14-22(15-13-20)35(3)4)36(29(39)27(24)38)30-33-34-31(42-30)40-16-21-10-7-9-19-8-5-6-11-23(19)21/h5-15,25,38H,16H2,1-4H3. The number of nitrogens with zero attached hydrogens (tertiary/aromatic N) is 5. The van der Waals surface area contributed by atoms with Crippen LogP contribution < -0.4 is 9.80 Å². The Balaban J connectivity index is 1.35. The first-order chi connectivity index (χ1) is 20.2. The number of thioether (sulfide) groups is 1. The number of anilines is 2. The molecule has 1 aliphatic rings. The molecule has 1 aliphatic heterocycles. The summed E-state index contributed by atoms with van der Waals surface area (Å²) in [6.45, 7) is 3.58. The van der Waals surface area contributed by atoms with Gasteiger partial charge in [-0.15, -0.1) is 21.5 Å². The van der Waals surface area contributed by atoms with Gasteiger partial charge in [0.25, 0.3) is 5.91 Å². The van der Waals surface area contributed by atoms with Crippen LogP contribution in [0.2, 0.25) is 0 Å². The molecule has 5 aromatic rings. The van der Waals surface area contributed by atoms with E-state index in [4.69, 9.17) is 0 Å². The molecule has 0 spiro atoms. The van der Waals surface area contributed by atoms with E-state index < -0.39 is 23.5 Å². The minimum Gasteiger partial charge on any atom is -0.503 e. The summed E-state index contributed by atoms with van der Waals surface area (Å²) in [5.41, 5.74) is 3.41. The Bertz CT molecular complexity index is 1850. The van der Waals surface area contributed by atoms with E-state index in [1.54, 1.807) is 6.92 Å². The van der Waals surface area contributed by atoms with E-state index in [2.05, 4.69) is 39.4 Å². The molecular weight excluding hydrogens is 587 g/mol. The van der Waals surface area contributed by atoms with Gasteiger partial charge in [-0.05, 0) is 47.9 Å². The Kier molecular flexibility index (Phi) is 7.56. The molecule has 1 amide bonds. The second-order valence-electron chi connectivity index (χ2n) is 10.1. The van der Waals surface area contributed by atoms with E-state index in [9.17, 15) is 14.7 Å². The number of Topliss-reactive ketones (excluding diaryl/α,β-unsaturated/α-hetero) is 1. The van der Waals surface area contributed by atoms with Crippen LogP contribution in [0.4, 0.5) is 10.8 Å². The van der Waals surface area contributed by atoms with Crippen LogP contribution in [0.25, 0.3) is 10.8 Å². The summed E-state index contributed by atoms with van der Waals surface area (Å²) in [6, 6.07) is 21.2. The summed E-state index contributed by atoms with van der Waals surface area (Å²) in [5.74, 6) is -0.993. The molecule has 6 rings (SSSR count). The number of rotatable bonds is 8. The molecule has 11 heteroatoms. The minimum absolute atomic E-state index is 0.0181. The van der Waals surface area contributed by atoms with Gasteiger partial charge in [-0.3, -0.25) is 14.5 Å². The number of thiazole rings is 1. The first-order valence-corrected chi connectivity index (χ1v) is 15.8. The van der Waals surface area contributed by atoms with Gasteiger partial charge in [0.2, 0.25) is 10.9 Å². The number of carbonyl (C=O) groups excluding carboxylic acids is 2. The number of fused-ring (bicyclic) bond motifs is 1. The van der Waals surface area contributed by atoms with Crippen LogP contribution in [-0.4, -0.2) is 46.1 Å². The third kappa shape index (κ3) is 5.08. The maximum Gasteiger partial charge on any atom is 0.296 e. The van der Waals surface area contributed by atoms with Crippen molar-refractivity contribution in [1.29, 1.82) is 0 Å². The normalized spacial score (nSPS) is 15.2. The van der Waals surface area contributed by atoms with Crippen LogP contribution in [0.5, 0.6) is 0 Å². The number of aromatic nitrogens is 3. The number of hydrogen-bond donors (Lipinski definition) is 1. The molecule has 1 N–H and O–H groups in total. The predicted octanol–water partition coefficient (Wildman–Crippen LogP) is 6.91. The Labute approximate surface area is 255 Å². The molecule has 0 bridgehead atoms. The Morgan fingerprint density at radius 3 is 2.45 bits per heavy atom. The largest absolute Gasteiger partial charge is 0.503 e. The highest BCUT2D eigenvalue weighted by atomic mass is 32.2. The van der Waals surface area contributed by atoms with Crippen molar-refractivity contribution in [2.75, 3.05) is 23.9 Å². The van der Waals surface area contributed by atoms with E-state index >= 15 is 0 Å². The second kappa shape index (κ2) is 11.3. The molecule has 0 fully saturated rings. The van der Waals surface area contributed by atoms with Crippen LogP contribution in [0.1, 0.15) is 37.5 Å². The van der Waals surface area contributed by atoms with Crippen LogP contribution in [0, 0.1) is 13.8 Å². The Hall–Kier alpha value is -4.06. The molecule has 1 unspecified atom stereocenters. The van der Waals surface area contributed by atoms with Gasteiger partial charge in [-0.1, -0.05) is 77.7 Å². The molecule has 0 radical (unpaired) electrons. The SMILES string of the molecule is Cc1nc(C)c(C(=O)C2=C(O)C(=O)N(c3nnc(SCc4cccc5ccccc45)s3)C2c2ccc(N(C)C)cc2)s1. The van der Waals surface area contributed by atoms with Crippen molar-refractivity contribution in [3.8, 4) is 0 Å². The molecule has 2 aromatic heterocycles. The molecule has 0 saturated heterocycles. The average Bonchev–Trinajstić information content (AvgIpc) is 3.67. The number of hydrogen-bond acceptors (Lipinski definition) is 10. The van der Waals surface area contributed by atoms with Gasteiger partial charge >= 0.3 is 0 Å². The van der Waals surface area contributed by atoms with Gasteiger partial charge < -0.3 is 10.0 Å². The summed E-state index contributed by atoms with van der Waals surface area (Å²) in [4.78, 5) is 35.6. The fourth-order valence-electron chi connectivity index (χ4n) is 5.08. The number of aliphatic hydroxyl groups excluding tert-OH is 1. The lowest BCUT2D eigenvalue weighted by atomic mass is 9.95. The van der Waals surface area contributed by atoms with Gasteiger partial charge in [-0.25, -0.2) is 4.98 Å². The number of ketones is 1. The fraction of sp³-hybridized carbons (Fsp3) is 0.194. The van der Waals surface area contributed by atoms with Crippen LogP contribution in [-0.2, 0) is 10.5 Å². The van der Waals surface area contributed by atoms with Crippen molar-refractivity contribution in [2.24, 2.45) is 0 Å². The molecular formula is C31H27N5O3S3. The van der Waals surface area contributed by atoms with Crippen molar-refractivity contribution >= 4 is 67.7 Å². The van der Waals surface area contributed by atoms with E-state index in [0.717, 1.165) is 10.7 Å². The zero-order valence-electron chi connectivity index (χ0n) is 23.4. The Morgan fingerprint density at radius 2 is 1.74 bits per heavy atom. The summed E-state index contributed by atoms with van der Waals surface area (Å²) >= 11 is 4.05.